The molecule has 3 N–H and O–H groups in total. The lowest BCUT2D eigenvalue weighted by Gasteiger charge is -2.33. The quantitative estimate of drug-likeness (QED) is 0.832. The van der Waals surface area contributed by atoms with Gasteiger partial charge in [0.05, 0.1) is 6.20 Å². The maximum atomic E-state index is 8.99. The number of anilines is 1. The zero-order chi connectivity index (χ0) is 11.1. The van der Waals surface area contributed by atoms with E-state index in [9.17, 15) is 0 Å². The number of hydrogen-bond acceptors (Lipinski definition) is 5. The van der Waals surface area contributed by atoms with Gasteiger partial charge in [-0.15, -0.1) is 11.3 Å². The van der Waals surface area contributed by atoms with E-state index in [0.29, 0.717) is 24.3 Å². The normalized spacial score (nSPS) is 24.6. The van der Waals surface area contributed by atoms with Crippen LogP contribution in [0.25, 0.3) is 10.3 Å². The highest BCUT2D eigenvalue weighted by atomic mass is 32.1. The number of nitrogen functional groups attached to an aromatic ring is 1. The molecule has 0 aromatic carbocycles. The number of aliphatic hydroxyl groups is 1. The Balaban J connectivity index is 1.89. The molecule has 3 rings (SSSR count). The van der Waals surface area contributed by atoms with E-state index in [1.165, 1.54) is 4.88 Å². The Bertz CT molecular complexity index is 519. The van der Waals surface area contributed by atoms with Crippen molar-refractivity contribution in [3.63, 3.8) is 0 Å². The van der Waals surface area contributed by atoms with Crippen molar-refractivity contribution in [2.75, 3.05) is 12.3 Å². The van der Waals surface area contributed by atoms with E-state index < -0.39 is 0 Å². The topological polar surface area (TPSA) is 72.0 Å². The second-order valence-electron chi connectivity index (χ2n) is 4.35. The van der Waals surface area contributed by atoms with Gasteiger partial charge < -0.3 is 10.8 Å². The first-order chi connectivity index (χ1) is 7.76. The third kappa shape index (κ3) is 1.56. The molecule has 1 aliphatic rings. The Labute approximate surface area is 97.1 Å². The van der Waals surface area contributed by atoms with E-state index in [0.717, 1.165) is 23.2 Å². The summed E-state index contributed by atoms with van der Waals surface area (Å²) in [5.74, 6) is 1.54. The summed E-state index contributed by atoms with van der Waals surface area (Å²) >= 11 is 1.67. The molecule has 84 valence electrons. The van der Waals surface area contributed by atoms with Crippen molar-refractivity contribution >= 4 is 27.5 Å². The van der Waals surface area contributed by atoms with E-state index in [4.69, 9.17) is 10.8 Å². The molecule has 4 nitrogen and oxygen atoms in total. The summed E-state index contributed by atoms with van der Waals surface area (Å²) in [6.07, 6.45) is 3.76. The molecule has 2 aromatic rings. The molecular formula is C11H13N3OS. The van der Waals surface area contributed by atoms with E-state index in [1.54, 1.807) is 17.5 Å². The zero-order valence-corrected chi connectivity index (χ0v) is 9.57. The number of aliphatic hydroxyl groups excluding tert-OH is 1. The number of thiophene rings is 1. The van der Waals surface area contributed by atoms with Gasteiger partial charge in [-0.3, -0.25) is 0 Å². The summed E-state index contributed by atoms with van der Waals surface area (Å²) in [6, 6.07) is 2.10. The van der Waals surface area contributed by atoms with E-state index in [2.05, 4.69) is 16.0 Å². The molecule has 0 atom stereocenters. The SMILES string of the molecule is Nc1cnc2cc(C3CC(CO)C3)sc2n1. The average Bonchev–Trinajstić information content (AvgIpc) is 2.58. The lowest BCUT2D eigenvalue weighted by atomic mass is 9.75. The van der Waals surface area contributed by atoms with E-state index >= 15 is 0 Å². The average molecular weight is 235 g/mol. The van der Waals surface area contributed by atoms with Crippen LogP contribution in [-0.4, -0.2) is 21.7 Å². The molecule has 16 heavy (non-hydrogen) atoms. The number of rotatable bonds is 2. The lowest BCUT2D eigenvalue weighted by molar-refractivity contribution is 0.143. The van der Waals surface area contributed by atoms with Gasteiger partial charge in [0.1, 0.15) is 16.2 Å². The van der Waals surface area contributed by atoms with Crippen LogP contribution in [0.2, 0.25) is 0 Å². The van der Waals surface area contributed by atoms with Crippen LogP contribution in [0.15, 0.2) is 12.3 Å². The standard InChI is InChI=1S/C11H13N3OS/c12-10-4-13-8-3-9(16-11(8)14-10)7-1-6(2-7)5-15/h3-4,6-7,15H,1-2,5H2,(H2,12,14). The number of fused-ring (bicyclic) bond motifs is 1. The van der Waals surface area contributed by atoms with E-state index in [1.807, 2.05) is 0 Å². The molecule has 0 radical (unpaired) electrons. The monoisotopic (exact) mass is 235 g/mol. The largest absolute Gasteiger partial charge is 0.396 e. The van der Waals surface area contributed by atoms with Crippen LogP contribution < -0.4 is 5.73 Å². The maximum Gasteiger partial charge on any atom is 0.144 e. The Kier molecular flexibility index (Phi) is 2.29. The first-order valence-corrected chi connectivity index (χ1v) is 6.20. The smallest absolute Gasteiger partial charge is 0.144 e. The van der Waals surface area contributed by atoms with Crippen molar-refractivity contribution in [1.29, 1.82) is 0 Å². The van der Waals surface area contributed by atoms with Gasteiger partial charge in [-0.25, -0.2) is 9.97 Å². The Morgan fingerprint density at radius 3 is 3.06 bits per heavy atom. The van der Waals surface area contributed by atoms with Crippen molar-refractivity contribution in [2.24, 2.45) is 5.92 Å². The van der Waals surface area contributed by atoms with Crippen LogP contribution in [0.4, 0.5) is 5.82 Å². The molecule has 0 amide bonds. The summed E-state index contributed by atoms with van der Waals surface area (Å²) in [7, 11) is 0. The van der Waals surface area contributed by atoms with Crippen molar-refractivity contribution in [3.8, 4) is 0 Å². The molecule has 0 aliphatic heterocycles. The van der Waals surface area contributed by atoms with Gasteiger partial charge >= 0.3 is 0 Å². The molecule has 0 unspecified atom stereocenters. The summed E-state index contributed by atoms with van der Waals surface area (Å²) in [5, 5.41) is 8.99. The first kappa shape index (κ1) is 9.99. The van der Waals surface area contributed by atoms with Crippen LogP contribution >= 0.6 is 11.3 Å². The van der Waals surface area contributed by atoms with Gasteiger partial charge in [0, 0.05) is 11.5 Å². The fraction of sp³-hybridized carbons (Fsp3) is 0.455. The van der Waals surface area contributed by atoms with Crippen LogP contribution in [0.5, 0.6) is 0 Å². The van der Waals surface area contributed by atoms with Crippen molar-refractivity contribution in [2.45, 2.75) is 18.8 Å². The third-order valence-electron chi connectivity index (χ3n) is 3.18. The minimum atomic E-state index is 0.310. The fourth-order valence-corrected chi connectivity index (χ4v) is 3.28. The van der Waals surface area contributed by atoms with E-state index in [-0.39, 0.29) is 0 Å². The Morgan fingerprint density at radius 2 is 2.31 bits per heavy atom. The Morgan fingerprint density at radius 1 is 1.50 bits per heavy atom. The van der Waals surface area contributed by atoms with Gasteiger partial charge in [-0.05, 0) is 30.7 Å². The number of nitrogens with two attached hydrogens (primary N) is 1. The second kappa shape index (κ2) is 3.68. The lowest BCUT2D eigenvalue weighted by Crippen LogP contribution is -2.23. The van der Waals surface area contributed by atoms with Gasteiger partial charge in [-0.2, -0.15) is 0 Å². The second-order valence-corrected chi connectivity index (χ2v) is 5.41. The van der Waals surface area contributed by atoms with Crippen LogP contribution in [0.3, 0.4) is 0 Å². The Hall–Kier alpha value is -1.20. The van der Waals surface area contributed by atoms with Crippen LogP contribution in [0, 0.1) is 5.92 Å². The molecule has 0 spiro atoms. The zero-order valence-electron chi connectivity index (χ0n) is 8.76. The molecular weight excluding hydrogens is 222 g/mol. The maximum absolute atomic E-state index is 8.99. The molecule has 2 aromatic heterocycles. The molecule has 0 saturated heterocycles. The molecule has 2 heterocycles. The van der Waals surface area contributed by atoms with Crippen LogP contribution in [-0.2, 0) is 0 Å². The number of nitrogens with zero attached hydrogens (tertiary/aromatic N) is 2. The van der Waals surface area contributed by atoms with Crippen molar-refractivity contribution in [3.05, 3.63) is 17.1 Å². The van der Waals surface area contributed by atoms with Gasteiger partial charge in [0.25, 0.3) is 0 Å². The van der Waals surface area contributed by atoms with Crippen molar-refractivity contribution < 1.29 is 5.11 Å². The van der Waals surface area contributed by atoms with Crippen molar-refractivity contribution in [1.82, 2.24) is 9.97 Å². The third-order valence-corrected chi connectivity index (χ3v) is 4.36. The molecule has 1 aliphatic carbocycles. The molecule has 1 fully saturated rings. The highest BCUT2D eigenvalue weighted by molar-refractivity contribution is 7.18. The summed E-state index contributed by atoms with van der Waals surface area (Å²) < 4.78 is 0. The van der Waals surface area contributed by atoms with Gasteiger partial charge in [-0.1, -0.05) is 0 Å². The molecule has 5 heteroatoms. The highest BCUT2D eigenvalue weighted by Gasteiger charge is 2.31. The summed E-state index contributed by atoms with van der Waals surface area (Å²) in [5.41, 5.74) is 6.53. The first-order valence-electron chi connectivity index (χ1n) is 5.39. The predicted octanol–water partition coefficient (Wildman–Crippen LogP) is 1.76. The summed E-state index contributed by atoms with van der Waals surface area (Å²) in [4.78, 5) is 10.8. The minimum absolute atomic E-state index is 0.310. The minimum Gasteiger partial charge on any atom is -0.396 e. The number of hydrogen-bond donors (Lipinski definition) is 2. The van der Waals surface area contributed by atoms with Crippen LogP contribution in [0.1, 0.15) is 23.6 Å². The summed E-state index contributed by atoms with van der Waals surface area (Å²) in [6.45, 7) is 0.310. The number of aromatic nitrogens is 2. The van der Waals surface area contributed by atoms with Gasteiger partial charge in [0.15, 0.2) is 0 Å². The molecule has 1 saturated carbocycles. The molecule has 0 bridgehead atoms. The predicted molar refractivity (Wildman–Crippen MR) is 64.4 cm³/mol. The highest BCUT2D eigenvalue weighted by Crippen LogP contribution is 2.44. The van der Waals surface area contributed by atoms with Gasteiger partial charge in [0.2, 0.25) is 0 Å². The fourth-order valence-electron chi connectivity index (χ4n) is 2.16.